The first kappa shape index (κ1) is 90.8. The molecule has 98 heavy (non-hydrogen) atoms. The van der Waals surface area contributed by atoms with Gasteiger partial charge in [-0.05, 0) is 182 Å². The van der Waals surface area contributed by atoms with E-state index in [4.69, 9.17) is 45.8 Å². The molecular formula is C80H87Br3ClN3O9Rb2. The van der Waals surface area contributed by atoms with Crippen LogP contribution >= 0.6 is 59.4 Å². The van der Waals surface area contributed by atoms with Gasteiger partial charge in [-0.25, -0.2) is 0 Å². The SMILES string of the molecule is CC.CC.CC.COc1cc(C)cc(OC)c1C=O.COc1cc(C)cc(OC)c1CN(C(=O)c1ccccc1-c1cc[c-]cc1)c1ccc(Br)cc1.COc1cc(C)cc(OC)c1CNc1ccc(Br)cc1.Nc1ccc(Br)cc1.O=C(Cl)c1ccccc1-c1cc[c-]cc1.[Rb+].[Rb+]. The Morgan fingerprint density at radius 1 is 0.480 bits per heavy atom. The average Bonchev–Trinajstić information content (AvgIpc) is 0.797. The van der Waals surface area contributed by atoms with Gasteiger partial charge in [0.15, 0.2) is 6.29 Å². The van der Waals surface area contributed by atoms with Gasteiger partial charge in [0, 0.05) is 48.2 Å². The number of nitrogens with one attached hydrogen (secondary N) is 1. The molecule has 506 valence electrons. The molecule has 0 radical (unpaired) electrons. The topological polar surface area (TPSA) is 148 Å². The summed E-state index contributed by atoms with van der Waals surface area (Å²) in [5, 5.41) is 2.94. The van der Waals surface area contributed by atoms with Crippen LogP contribution in [-0.4, -0.2) is 60.1 Å². The van der Waals surface area contributed by atoms with Gasteiger partial charge in [0.1, 0.15) is 34.5 Å². The molecule has 10 aromatic carbocycles. The molecular weight excluding hydrogens is 1590 g/mol. The zero-order valence-electron chi connectivity index (χ0n) is 59.3. The van der Waals surface area contributed by atoms with Gasteiger partial charge in [-0.15, -0.1) is 11.1 Å². The van der Waals surface area contributed by atoms with Gasteiger partial charge in [-0.2, -0.15) is 60.7 Å². The summed E-state index contributed by atoms with van der Waals surface area (Å²) in [5.41, 5.74) is 18.2. The molecule has 0 saturated heterocycles. The molecule has 10 aromatic rings. The number of aryl methyl sites for hydroxylation is 3. The minimum atomic E-state index is -0.432. The molecule has 3 N–H and O–H groups in total. The third-order valence-electron chi connectivity index (χ3n) is 13.5. The normalized spacial score (nSPS) is 9.46. The monoisotopic (exact) mass is 1680 g/mol. The van der Waals surface area contributed by atoms with E-state index < -0.39 is 5.24 Å². The summed E-state index contributed by atoms with van der Waals surface area (Å²) in [7, 11) is 9.67. The van der Waals surface area contributed by atoms with E-state index in [0.29, 0.717) is 46.2 Å². The molecule has 0 aliphatic heterocycles. The van der Waals surface area contributed by atoms with Gasteiger partial charge in [-0.3, -0.25) is 14.4 Å². The Labute approximate surface area is 710 Å². The van der Waals surface area contributed by atoms with E-state index in [0.717, 1.165) is 98.3 Å². The smallest absolute Gasteiger partial charge is 0.496 e. The summed E-state index contributed by atoms with van der Waals surface area (Å²) < 4.78 is 35.4. The molecule has 0 aromatic heterocycles. The Bertz CT molecular complexity index is 3850. The molecule has 0 aliphatic rings. The first-order chi connectivity index (χ1) is 46.4. The van der Waals surface area contributed by atoms with Crippen molar-refractivity contribution in [2.24, 2.45) is 0 Å². The Morgan fingerprint density at radius 2 is 0.816 bits per heavy atom. The zero-order chi connectivity index (χ0) is 71.1. The van der Waals surface area contributed by atoms with Crippen molar-refractivity contribution in [2.75, 3.05) is 58.6 Å². The summed E-state index contributed by atoms with van der Waals surface area (Å²) in [5.74, 6) is 4.02. The van der Waals surface area contributed by atoms with Crippen LogP contribution in [0.2, 0.25) is 0 Å². The molecule has 1 amide bonds. The summed E-state index contributed by atoms with van der Waals surface area (Å²) in [6.45, 7) is 18.9. The number of hydrogen-bond acceptors (Lipinski definition) is 11. The van der Waals surface area contributed by atoms with Crippen molar-refractivity contribution < 1.29 is 159 Å². The van der Waals surface area contributed by atoms with E-state index in [9.17, 15) is 14.4 Å². The van der Waals surface area contributed by atoms with E-state index in [1.54, 1.807) is 57.6 Å². The Morgan fingerprint density at radius 3 is 1.18 bits per heavy atom. The third-order valence-corrected chi connectivity index (χ3v) is 15.3. The number of nitrogens with two attached hydrogens (primary N) is 1. The number of halogens is 4. The van der Waals surface area contributed by atoms with Crippen LogP contribution in [0.3, 0.4) is 0 Å². The largest absolute Gasteiger partial charge is 1.00 e. The van der Waals surface area contributed by atoms with E-state index >= 15 is 0 Å². The standard InChI is InChI=1S/C29H25BrNO3.C16H18BrNO2.C13H8ClO.C10H12O3.C6H6BrN.3C2H6.2Rb/c1-20-17-27(33-2)26(28(18-20)34-3)19-31(23-15-13-22(30)14-16-23)29(32)25-12-8-7-11-24(25)21-9-5-4-6-10-21;1-11-8-15(19-2)14(16(9-11)20-3)10-18-13-6-4-12(17)5-7-13;14-13(15)12-9-5-4-8-11(12)10-6-2-1-3-7-10;1-7-4-9(12-2)8(6-11)10(5-7)13-3;7-5-1-3-6(8)4-2-5;3*1-2;;/h5-18H,19H2,1-3H3;4-9,18H,10H2,1-3H3;2-9H;4-6H,1-3H3;1-4H,8H2;3*1-2H3;;/q-1;;-1;;;;;;2*+1. The van der Waals surface area contributed by atoms with Crippen LogP contribution in [0.25, 0.3) is 22.3 Å². The number of carbonyl (C=O) groups excluding carboxylic acids is 3. The average molecular weight is 1680 g/mol. The van der Waals surface area contributed by atoms with Crippen LogP contribution in [0.4, 0.5) is 17.1 Å². The van der Waals surface area contributed by atoms with Crippen LogP contribution in [0.15, 0.2) is 220 Å². The first-order valence-corrected chi connectivity index (χ1v) is 33.7. The van der Waals surface area contributed by atoms with Gasteiger partial charge in [-0.1, -0.05) is 126 Å². The van der Waals surface area contributed by atoms with Gasteiger partial charge in [0.2, 0.25) is 0 Å². The zero-order valence-corrected chi connectivity index (χ0v) is 74.7. The molecule has 0 fully saturated rings. The van der Waals surface area contributed by atoms with Crippen molar-refractivity contribution in [3.05, 3.63) is 276 Å². The van der Waals surface area contributed by atoms with Crippen LogP contribution < -0.4 is 161 Å². The Balaban J connectivity index is 0.000000643. The van der Waals surface area contributed by atoms with Crippen molar-refractivity contribution in [2.45, 2.75) is 75.4 Å². The maximum absolute atomic E-state index is 14.1. The van der Waals surface area contributed by atoms with E-state index in [1.165, 1.54) is 14.2 Å². The number of nitrogens with zero attached hydrogens (tertiary/aromatic N) is 1. The fourth-order valence-electron chi connectivity index (χ4n) is 9.13. The number of ether oxygens (including phenoxy) is 6. The van der Waals surface area contributed by atoms with Crippen molar-refractivity contribution in [1.82, 2.24) is 0 Å². The second-order valence-electron chi connectivity index (χ2n) is 19.7. The first-order valence-electron chi connectivity index (χ1n) is 31.0. The van der Waals surface area contributed by atoms with E-state index in [1.807, 2.05) is 244 Å². The Kier molecular flexibility index (Phi) is 47.2. The van der Waals surface area contributed by atoms with Crippen molar-refractivity contribution in [1.29, 1.82) is 0 Å². The van der Waals surface area contributed by atoms with E-state index in [-0.39, 0.29) is 129 Å². The molecule has 10 rings (SSSR count). The molecule has 12 nitrogen and oxygen atoms in total. The molecule has 0 bridgehead atoms. The molecule has 0 saturated carbocycles. The van der Waals surface area contributed by atoms with Gasteiger partial charge >= 0.3 is 116 Å². The van der Waals surface area contributed by atoms with Gasteiger partial charge in [0.25, 0.3) is 11.1 Å². The van der Waals surface area contributed by atoms with Crippen LogP contribution in [0, 0.1) is 32.9 Å². The fraction of sp³-hybridized carbons (Fsp3) is 0.212. The number of benzene rings is 10. The Hall–Kier alpha value is -5.25. The summed E-state index contributed by atoms with van der Waals surface area (Å²) in [4.78, 5) is 37.8. The molecule has 0 heterocycles. The molecule has 0 unspecified atom stereocenters. The van der Waals surface area contributed by atoms with Gasteiger partial charge in [0.05, 0.1) is 65.9 Å². The second kappa shape index (κ2) is 51.0. The minimum absolute atomic E-state index is 0. The van der Waals surface area contributed by atoms with Crippen LogP contribution in [0.5, 0.6) is 34.5 Å². The number of rotatable bonds is 17. The number of nitrogen functional groups attached to an aromatic ring is 1. The molecule has 0 atom stereocenters. The van der Waals surface area contributed by atoms with Crippen molar-refractivity contribution in [3.63, 3.8) is 0 Å². The summed E-state index contributed by atoms with van der Waals surface area (Å²) in [6, 6.07) is 70.8. The quantitative estimate of drug-likeness (QED) is 0.0388. The number of amides is 1. The van der Waals surface area contributed by atoms with Crippen LogP contribution in [0.1, 0.15) is 100 Å². The molecule has 0 spiro atoms. The van der Waals surface area contributed by atoms with Crippen molar-refractivity contribution in [3.8, 4) is 56.8 Å². The summed E-state index contributed by atoms with van der Waals surface area (Å²) >= 11 is 15.7. The minimum Gasteiger partial charge on any atom is -0.496 e. The predicted octanol–water partition coefficient (Wildman–Crippen LogP) is 16.0. The molecule has 0 aliphatic carbocycles. The fourth-order valence-corrected chi connectivity index (χ4v) is 10.1. The number of anilines is 3. The number of methoxy groups -OCH3 is 6. The van der Waals surface area contributed by atoms with Gasteiger partial charge < -0.3 is 44.4 Å². The maximum atomic E-state index is 14.1. The molecule has 18 heteroatoms. The second-order valence-corrected chi connectivity index (χ2v) is 22.8. The number of aldehydes is 1. The maximum Gasteiger partial charge on any atom is 1.00 e. The number of hydrogen-bond donors (Lipinski definition) is 2. The third kappa shape index (κ3) is 29.4. The number of carbonyl (C=O) groups is 3. The van der Waals surface area contributed by atoms with Crippen LogP contribution in [-0.2, 0) is 13.1 Å². The summed E-state index contributed by atoms with van der Waals surface area (Å²) in [6.07, 6.45) is 0.733. The predicted molar refractivity (Wildman–Crippen MR) is 409 cm³/mol. The van der Waals surface area contributed by atoms with Crippen molar-refractivity contribution >= 4 is 93.9 Å². The van der Waals surface area contributed by atoms with E-state index in [2.05, 4.69) is 65.2 Å².